The lowest BCUT2D eigenvalue weighted by Crippen LogP contribution is -2.37. The molecular formula is C17H22N2O3. The number of carboxylic acids is 1. The van der Waals surface area contributed by atoms with Crippen LogP contribution in [0.2, 0.25) is 0 Å². The van der Waals surface area contributed by atoms with E-state index in [9.17, 15) is 14.7 Å². The van der Waals surface area contributed by atoms with Crippen LogP contribution >= 0.6 is 0 Å². The third kappa shape index (κ3) is 2.25. The summed E-state index contributed by atoms with van der Waals surface area (Å²) in [5, 5.41) is 9.62. The Kier molecular flexibility index (Phi) is 3.59. The van der Waals surface area contributed by atoms with Gasteiger partial charge in [0.05, 0.1) is 5.41 Å². The van der Waals surface area contributed by atoms with Gasteiger partial charge in [-0.15, -0.1) is 0 Å². The van der Waals surface area contributed by atoms with Crippen molar-refractivity contribution in [3.63, 3.8) is 0 Å². The lowest BCUT2D eigenvalue weighted by molar-refractivity contribution is -0.149. The molecule has 118 valence electrons. The molecule has 5 heteroatoms. The molecule has 1 aliphatic carbocycles. The van der Waals surface area contributed by atoms with Crippen molar-refractivity contribution in [1.29, 1.82) is 0 Å². The van der Waals surface area contributed by atoms with E-state index in [4.69, 9.17) is 0 Å². The van der Waals surface area contributed by atoms with Gasteiger partial charge in [0.2, 0.25) is 0 Å². The average Bonchev–Trinajstić information content (AvgIpc) is 3.04. The van der Waals surface area contributed by atoms with Gasteiger partial charge in [0, 0.05) is 38.4 Å². The summed E-state index contributed by atoms with van der Waals surface area (Å²) in [6.07, 6.45) is 2.55. The first kappa shape index (κ1) is 14.9. The van der Waals surface area contributed by atoms with Gasteiger partial charge in [0.15, 0.2) is 0 Å². The Hall–Kier alpha value is -2.04. The minimum Gasteiger partial charge on any atom is -0.481 e. The summed E-state index contributed by atoms with van der Waals surface area (Å²) in [5.74, 6) is -0.697. The van der Waals surface area contributed by atoms with Crippen LogP contribution in [0.5, 0.6) is 0 Å². The highest BCUT2D eigenvalue weighted by Gasteiger charge is 2.55. The molecule has 22 heavy (non-hydrogen) atoms. The zero-order valence-corrected chi connectivity index (χ0v) is 13.1. The molecular weight excluding hydrogens is 280 g/mol. The predicted molar refractivity (Wildman–Crippen MR) is 84.1 cm³/mol. The summed E-state index contributed by atoms with van der Waals surface area (Å²) in [5.41, 5.74) is 0.888. The molecule has 2 aliphatic rings. The van der Waals surface area contributed by atoms with Crippen LogP contribution in [-0.4, -0.2) is 49.1 Å². The Morgan fingerprint density at radius 2 is 2.14 bits per heavy atom. The number of fused-ring (bicyclic) bond motifs is 1. The molecule has 2 atom stereocenters. The fourth-order valence-electron chi connectivity index (χ4n) is 3.89. The van der Waals surface area contributed by atoms with Crippen molar-refractivity contribution >= 4 is 17.6 Å². The average molecular weight is 302 g/mol. The maximum absolute atomic E-state index is 12.7. The zero-order chi connectivity index (χ0) is 15.9. The summed E-state index contributed by atoms with van der Waals surface area (Å²) in [6.45, 7) is 0.912. The Morgan fingerprint density at radius 1 is 1.36 bits per heavy atom. The van der Waals surface area contributed by atoms with Crippen molar-refractivity contribution in [2.45, 2.75) is 19.3 Å². The van der Waals surface area contributed by atoms with Crippen LogP contribution in [0.3, 0.4) is 0 Å². The molecule has 1 heterocycles. The van der Waals surface area contributed by atoms with Gasteiger partial charge < -0.3 is 14.9 Å². The molecule has 1 saturated carbocycles. The van der Waals surface area contributed by atoms with Crippen molar-refractivity contribution in [3.8, 4) is 0 Å². The standard InChI is InChI=1S/C17H22N2O3/c1-18(2)14-7-3-5-12(9-14)15(20)19-10-13-6-4-8-17(13,11-19)16(21)22/h3,5,7,9,13H,4,6,8,10-11H2,1-2H3,(H,21,22)/t13-,17+/m0/s1. The zero-order valence-electron chi connectivity index (χ0n) is 13.1. The summed E-state index contributed by atoms with van der Waals surface area (Å²) in [7, 11) is 3.87. The minimum absolute atomic E-state index is 0.0567. The number of carbonyl (C=O) groups is 2. The molecule has 1 saturated heterocycles. The Balaban J connectivity index is 1.83. The van der Waals surface area contributed by atoms with Gasteiger partial charge in [-0.3, -0.25) is 9.59 Å². The second-order valence-electron chi connectivity index (χ2n) is 6.68. The lowest BCUT2D eigenvalue weighted by Gasteiger charge is -2.23. The first-order chi connectivity index (χ1) is 10.4. The van der Waals surface area contributed by atoms with Gasteiger partial charge in [0.25, 0.3) is 5.91 Å². The van der Waals surface area contributed by atoms with E-state index in [0.717, 1.165) is 18.5 Å². The summed E-state index contributed by atoms with van der Waals surface area (Å²) in [6, 6.07) is 7.49. The molecule has 1 aliphatic heterocycles. The van der Waals surface area contributed by atoms with Crippen LogP contribution in [0.15, 0.2) is 24.3 Å². The van der Waals surface area contributed by atoms with Gasteiger partial charge in [-0.05, 0) is 37.0 Å². The largest absolute Gasteiger partial charge is 0.481 e. The van der Waals surface area contributed by atoms with Crippen LogP contribution in [-0.2, 0) is 4.79 Å². The highest BCUT2D eigenvalue weighted by atomic mass is 16.4. The molecule has 1 aromatic carbocycles. The first-order valence-electron chi connectivity index (χ1n) is 7.74. The van der Waals surface area contributed by atoms with E-state index in [2.05, 4.69) is 0 Å². The third-order valence-electron chi connectivity index (χ3n) is 5.19. The summed E-state index contributed by atoms with van der Waals surface area (Å²) < 4.78 is 0. The number of rotatable bonds is 3. The van der Waals surface area contributed by atoms with E-state index in [1.54, 1.807) is 11.0 Å². The van der Waals surface area contributed by atoms with Crippen molar-refractivity contribution in [2.75, 3.05) is 32.1 Å². The number of anilines is 1. The van der Waals surface area contributed by atoms with Crippen molar-refractivity contribution < 1.29 is 14.7 Å². The monoisotopic (exact) mass is 302 g/mol. The molecule has 0 aromatic heterocycles. The van der Waals surface area contributed by atoms with E-state index in [1.807, 2.05) is 37.2 Å². The lowest BCUT2D eigenvalue weighted by atomic mass is 9.81. The summed E-state index contributed by atoms with van der Waals surface area (Å²) in [4.78, 5) is 28.1. The molecule has 0 spiro atoms. The highest BCUT2D eigenvalue weighted by Crippen LogP contribution is 2.49. The van der Waals surface area contributed by atoms with E-state index in [0.29, 0.717) is 25.1 Å². The van der Waals surface area contributed by atoms with Crippen molar-refractivity contribution in [3.05, 3.63) is 29.8 Å². The second-order valence-corrected chi connectivity index (χ2v) is 6.68. The molecule has 1 amide bonds. The van der Waals surface area contributed by atoms with Crippen LogP contribution < -0.4 is 4.90 Å². The fourth-order valence-corrected chi connectivity index (χ4v) is 3.89. The number of hydrogen-bond acceptors (Lipinski definition) is 3. The van der Waals surface area contributed by atoms with Crippen molar-refractivity contribution in [2.24, 2.45) is 11.3 Å². The number of likely N-dealkylation sites (tertiary alicyclic amines) is 1. The fraction of sp³-hybridized carbons (Fsp3) is 0.529. The number of aliphatic carboxylic acids is 1. The minimum atomic E-state index is -0.743. The van der Waals surface area contributed by atoms with Crippen LogP contribution in [0.25, 0.3) is 0 Å². The third-order valence-corrected chi connectivity index (χ3v) is 5.19. The van der Waals surface area contributed by atoms with Gasteiger partial charge in [0.1, 0.15) is 0 Å². The van der Waals surface area contributed by atoms with Crippen molar-refractivity contribution in [1.82, 2.24) is 4.90 Å². The number of nitrogens with zero attached hydrogens (tertiary/aromatic N) is 2. The maximum Gasteiger partial charge on any atom is 0.311 e. The molecule has 0 radical (unpaired) electrons. The van der Waals surface area contributed by atoms with Gasteiger partial charge in [-0.2, -0.15) is 0 Å². The van der Waals surface area contributed by atoms with E-state index in [1.165, 1.54) is 0 Å². The molecule has 2 fully saturated rings. The topological polar surface area (TPSA) is 60.9 Å². The Labute approximate surface area is 130 Å². The molecule has 5 nitrogen and oxygen atoms in total. The van der Waals surface area contributed by atoms with Gasteiger partial charge in [-0.1, -0.05) is 12.5 Å². The van der Waals surface area contributed by atoms with Crippen LogP contribution in [0, 0.1) is 11.3 Å². The number of benzene rings is 1. The molecule has 0 bridgehead atoms. The normalized spacial score (nSPS) is 26.8. The highest BCUT2D eigenvalue weighted by molar-refractivity contribution is 5.96. The summed E-state index contributed by atoms with van der Waals surface area (Å²) >= 11 is 0. The van der Waals surface area contributed by atoms with Gasteiger partial charge >= 0.3 is 5.97 Å². The molecule has 3 rings (SSSR count). The number of hydrogen-bond donors (Lipinski definition) is 1. The number of carbonyl (C=O) groups excluding carboxylic acids is 1. The van der Waals surface area contributed by atoms with E-state index >= 15 is 0 Å². The number of amides is 1. The maximum atomic E-state index is 12.7. The predicted octanol–water partition coefficient (Wildman–Crippen LogP) is 2.08. The number of carboxylic acid groups (broad SMARTS) is 1. The van der Waals surface area contributed by atoms with Gasteiger partial charge in [-0.25, -0.2) is 0 Å². The van der Waals surface area contributed by atoms with Crippen LogP contribution in [0.1, 0.15) is 29.6 Å². The molecule has 1 aromatic rings. The van der Waals surface area contributed by atoms with E-state index < -0.39 is 11.4 Å². The quantitative estimate of drug-likeness (QED) is 0.928. The molecule has 0 unspecified atom stereocenters. The Bertz CT molecular complexity index is 614. The van der Waals surface area contributed by atoms with Crippen LogP contribution in [0.4, 0.5) is 5.69 Å². The SMILES string of the molecule is CN(C)c1cccc(C(=O)N2C[C@@H]3CCC[C@@]3(C(=O)O)C2)c1. The first-order valence-corrected chi connectivity index (χ1v) is 7.74. The smallest absolute Gasteiger partial charge is 0.311 e. The second kappa shape index (κ2) is 5.30. The van der Waals surface area contributed by atoms with E-state index in [-0.39, 0.29) is 11.8 Å². The Morgan fingerprint density at radius 3 is 2.77 bits per heavy atom. The molecule has 1 N–H and O–H groups in total.